The van der Waals surface area contributed by atoms with Gasteiger partial charge in [0.2, 0.25) is 0 Å². The number of ether oxygens (including phenoxy) is 1. The molecule has 1 aliphatic rings. The van der Waals surface area contributed by atoms with Crippen LogP contribution in [0.25, 0.3) is 0 Å². The molecule has 0 bridgehead atoms. The zero-order valence-electron chi connectivity index (χ0n) is 20.7. The molecule has 190 valence electrons. The van der Waals surface area contributed by atoms with Gasteiger partial charge in [-0.25, -0.2) is 13.6 Å². The lowest BCUT2D eigenvalue weighted by Crippen LogP contribution is -2.41. The minimum absolute atomic E-state index is 0.0397. The second kappa shape index (κ2) is 12.1. The second-order valence-corrected chi connectivity index (χ2v) is 9.57. The molecule has 4 rings (SSSR count). The van der Waals surface area contributed by atoms with E-state index in [1.807, 2.05) is 18.2 Å². The first kappa shape index (κ1) is 25.8. The number of hydrogen-bond acceptors (Lipinski definition) is 3. The molecule has 3 aromatic carbocycles. The van der Waals surface area contributed by atoms with Gasteiger partial charge in [0.25, 0.3) is 0 Å². The first-order chi connectivity index (χ1) is 17.4. The van der Waals surface area contributed by atoms with Crippen LogP contribution >= 0.6 is 0 Å². The first-order valence-electron chi connectivity index (χ1n) is 12.4. The van der Waals surface area contributed by atoms with Crippen molar-refractivity contribution in [3.63, 3.8) is 0 Å². The summed E-state index contributed by atoms with van der Waals surface area (Å²) in [7, 11) is 0. The lowest BCUT2D eigenvalue weighted by molar-refractivity contribution is 0.0818. The Morgan fingerprint density at radius 2 is 1.78 bits per heavy atom. The fraction of sp³-hybridized carbons (Fsp3) is 0.345. The molecule has 0 aromatic heterocycles. The average molecular weight is 494 g/mol. The van der Waals surface area contributed by atoms with E-state index in [9.17, 15) is 13.6 Å². The van der Waals surface area contributed by atoms with E-state index >= 15 is 0 Å². The summed E-state index contributed by atoms with van der Waals surface area (Å²) >= 11 is 0. The molecule has 0 radical (unpaired) electrons. The quantitative estimate of drug-likeness (QED) is 0.339. The smallest absolute Gasteiger partial charge is 0.319 e. The summed E-state index contributed by atoms with van der Waals surface area (Å²) in [6.07, 6.45) is 0.865. The van der Waals surface area contributed by atoms with Crippen molar-refractivity contribution in [3.8, 4) is 0 Å². The highest BCUT2D eigenvalue weighted by atomic mass is 19.1. The van der Waals surface area contributed by atoms with E-state index in [1.54, 1.807) is 12.1 Å². The van der Waals surface area contributed by atoms with Gasteiger partial charge in [-0.3, -0.25) is 0 Å². The van der Waals surface area contributed by atoms with E-state index in [-0.39, 0.29) is 18.1 Å². The van der Waals surface area contributed by atoms with Crippen LogP contribution in [0.1, 0.15) is 54.5 Å². The number of fused-ring (bicyclic) bond motifs is 1. The molecule has 1 heterocycles. The summed E-state index contributed by atoms with van der Waals surface area (Å²) in [5, 5.41) is 9.34. The lowest BCUT2D eigenvalue weighted by Gasteiger charge is -2.28. The van der Waals surface area contributed by atoms with Crippen LogP contribution in [-0.4, -0.2) is 25.2 Å². The van der Waals surface area contributed by atoms with E-state index in [2.05, 4.69) is 48.0 Å². The third kappa shape index (κ3) is 7.12. The van der Waals surface area contributed by atoms with E-state index in [0.29, 0.717) is 49.8 Å². The highest BCUT2D eigenvalue weighted by Gasteiger charge is 2.22. The summed E-state index contributed by atoms with van der Waals surface area (Å²) in [5.41, 5.74) is 4.86. The SMILES string of the molecule is CC(C)c1ccc2c(c1)C(NCC[C@H](Cc1cc(F)cc(F)c1)NC(=O)Nc1ccccc1)COC2. The van der Waals surface area contributed by atoms with Gasteiger partial charge in [0.1, 0.15) is 11.6 Å². The van der Waals surface area contributed by atoms with Gasteiger partial charge in [-0.05, 0) is 71.8 Å². The number of amides is 2. The Hall–Kier alpha value is -3.29. The van der Waals surface area contributed by atoms with Crippen molar-refractivity contribution in [1.29, 1.82) is 0 Å². The van der Waals surface area contributed by atoms with Gasteiger partial charge in [-0.2, -0.15) is 0 Å². The van der Waals surface area contributed by atoms with Gasteiger partial charge in [0.05, 0.1) is 19.3 Å². The van der Waals surface area contributed by atoms with E-state index in [0.717, 1.165) is 6.07 Å². The molecule has 5 nitrogen and oxygen atoms in total. The second-order valence-electron chi connectivity index (χ2n) is 9.57. The Morgan fingerprint density at radius 1 is 1.03 bits per heavy atom. The summed E-state index contributed by atoms with van der Waals surface area (Å²) in [5.74, 6) is -0.831. The van der Waals surface area contributed by atoms with E-state index < -0.39 is 11.6 Å². The first-order valence-corrected chi connectivity index (χ1v) is 12.4. The van der Waals surface area contributed by atoms with Gasteiger partial charge in [0, 0.05) is 17.8 Å². The maximum absolute atomic E-state index is 13.8. The third-order valence-electron chi connectivity index (χ3n) is 6.41. The maximum Gasteiger partial charge on any atom is 0.319 e. The molecular formula is C29H33F2N3O2. The van der Waals surface area contributed by atoms with Gasteiger partial charge >= 0.3 is 6.03 Å². The molecule has 0 fully saturated rings. The van der Waals surface area contributed by atoms with Crippen molar-refractivity contribution in [3.05, 3.63) is 101 Å². The largest absolute Gasteiger partial charge is 0.375 e. The van der Waals surface area contributed by atoms with Gasteiger partial charge in [-0.1, -0.05) is 50.2 Å². The summed E-state index contributed by atoms with van der Waals surface area (Å²) in [6, 6.07) is 18.5. The topological polar surface area (TPSA) is 62.4 Å². The third-order valence-corrected chi connectivity index (χ3v) is 6.41. The minimum atomic E-state index is -0.632. The van der Waals surface area contributed by atoms with Crippen LogP contribution < -0.4 is 16.0 Å². The molecule has 2 atom stereocenters. The molecule has 7 heteroatoms. The predicted molar refractivity (Wildman–Crippen MR) is 138 cm³/mol. The Bertz CT molecular complexity index is 1150. The Labute approximate surface area is 211 Å². The number of benzene rings is 3. The number of nitrogens with one attached hydrogen (secondary N) is 3. The number of rotatable bonds is 9. The highest BCUT2D eigenvalue weighted by Crippen LogP contribution is 2.28. The molecule has 3 aromatic rings. The molecule has 0 saturated carbocycles. The Morgan fingerprint density at radius 3 is 2.50 bits per heavy atom. The molecule has 0 aliphatic carbocycles. The van der Waals surface area contributed by atoms with Crippen LogP contribution in [-0.2, 0) is 17.8 Å². The summed E-state index contributed by atoms with van der Waals surface area (Å²) < 4.78 is 33.4. The minimum Gasteiger partial charge on any atom is -0.375 e. The fourth-order valence-electron chi connectivity index (χ4n) is 4.52. The van der Waals surface area contributed by atoms with E-state index in [1.165, 1.54) is 28.8 Å². The molecule has 2 amide bonds. The standard InChI is InChI=1S/C29H33F2N3O2/c1-19(2)21-8-9-22-17-36-18-28(27(22)15-21)32-11-10-26(14-20-12-23(30)16-24(31)13-20)34-29(35)33-25-6-4-3-5-7-25/h3-9,12-13,15-16,19,26,28,32H,10-11,14,17-18H2,1-2H3,(H2,33,34,35)/t26-,28?/m1/s1. The zero-order valence-corrected chi connectivity index (χ0v) is 20.7. The lowest BCUT2D eigenvalue weighted by atomic mass is 9.92. The van der Waals surface area contributed by atoms with Crippen LogP contribution in [0.3, 0.4) is 0 Å². The molecule has 0 saturated heterocycles. The number of anilines is 1. The zero-order chi connectivity index (χ0) is 25.5. The van der Waals surface area contributed by atoms with Crippen LogP contribution in [0.2, 0.25) is 0 Å². The van der Waals surface area contributed by atoms with Crippen molar-refractivity contribution in [2.45, 2.75) is 51.3 Å². The number of hydrogen-bond donors (Lipinski definition) is 3. The predicted octanol–water partition coefficient (Wildman–Crippen LogP) is 6.07. The maximum atomic E-state index is 13.8. The van der Waals surface area contributed by atoms with Crippen LogP contribution in [0.4, 0.5) is 19.3 Å². The van der Waals surface area contributed by atoms with E-state index in [4.69, 9.17) is 4.74 Å². The normalized spacial score (nSPS) is 15.9. The number of urea groups is 1. The molecule has 3 N–H and O–H groups in total. The van der Waals surface area contributed by atoms with Crippen LogP contribution in [0.5, 0.6) is 0 Å². The van der Waals surface area contributed by atoms with Gasteiger partial charge in [-0.15, -0.1) is 0 Å². The number of halogens is 2. The van der Waals surface area contributed by atoms with Crippen molar-refractivity contribution in [1.82, 2.24) is 10.6 Å². The van der Waals surface area contributed by atoms with Crippen molar-refractivity contribution >= 4 is 11.7 Å². The highest BCUT2D eigenvalue weighted by molar-refractivity contribution is 5.89. The summed E-state index contributed by atoms with van der Waals surface area (Å²) in [4.78, 5) is 12.7. The summed E-state index contributed by atoms with van der Waals surface area (Å²) in [6.45, 7) is 6.11. The number of para-hydroxylation sites is 1. The Balaban J connectivity index is 1.43. The van der Waals surface area contributed by atoms with Crippen molar-refractivity contribution in [2.75, 3.05) is 18.5 Å². The molecule has 36 heavy (non-hydrogen) atoms. The molecule has 1 unspecified atom stereocenters. The Kier molecular flexibility index (Phi) is 8.67. The average Bonchev–Trinajstić information content (AvgIpc) is 2.83. The monoisotopic (exact) mass is 493 g/mol. The molecule has 0 spiro atoms. The van der Waals surface area contributed by atoms with Crippen LogP contribution in [0, 0.1) is 11.6 Å². The number of carbonyl (C=O) groups excluding carboxylic acids is 1. The number of carbonyl (C=O) groups is 1. The molecule has 1 aliphatic heterocycles. The van der Waals surface area contributed by atoms with Crippen molar-refractivity contribution in [2.24, 2.45) is 0 Å². The van der Waals surface area contributed by atoms with Gasteiger partial charge < -0.3 is 20.7 Å². The van der Waals surface area contributed by atoms with Crippen LogP contribution in [0.15, 0.2) is 66.7 Å². The van der Waals surface area contributed by atoms with Crippen molar-refractivity contribution < 1.29 is 18.3 Å². The molecular weight excluding hydrogens is 460 g/mol. The van der Waals surface area contributed by atoms with Gasteiger partial charge in [0.15, 0.2) is 0 Å². The fourth-order valence-corrected chi connectivity index (χ4v) is 4.52.